The van der Waals surface area contributed by atoms with Crippen LogP contribution in [0.3, 0.4) is 0 Å². The minimum Gasteiger partial charge on any atom is -0.478 e. The molecule has 140 valence electrons. The van der Waals surface area contributed by atoms with Crippen molar-refractivity contribution >= 4 is 29.6 Å². The molecule has 9 nitrogen and oxygen atoms in total. The fraction of sp³-hybridized carbons (Fsp3) is 0.111. The van der Waals surface area contributed by atoms with E-state index in [0.717, 1.165) is 25.2 Å². The summed E-state index contributed by atoms with van der Waals surface area (Å²) in [4.78, 5) is 48.7. The Bertz CT molecular complexity index is 910. The number of carbonyl (C=O) groups excluding carboxylic acids is 2. The number of carboxylic acids is 2. The van der Waals surface area contributed by atoms with Gasteiger partial charge >= 0.3 is 23.9 Å². The normalized spacial score (nSPS) is 13.2. The van der Waals surface area contributed by atoms with E-state index in [9.17, 15) is 29.4 Å². The molecule has 2 N–H and O–H groups in total. The number of ether oxygens (including phenoxy) is 2. The van der Waals surface area contributed by atoms with Crippen LogP contribution in [0.5, 0.6) is 0 Å². The van der Waals surface area contributed by atoms with Gasteiger partial charge in [0.15, 0.2) is 0 Å². The van der Waals surface area contributed by atoms with Crippen molar-refractivity contribution in [1.82, 2.24) is 0 Å². The fourth-order valence-electron chi connectivity index (χ4n) is 2.50. The zero-order chi connectivity index (χ0) is 20.1. The lowest BCUT2D eigenvalue weighted by Crippen LogP contribution is -2.28. The molecule has 2 rings (SSSR count). The number of aromatic carboxylic acids is 2. The lowest BCUT2D eigenvalue weighted by molar-refractivity contribution is -0.139. The van der Waals surface area contributed by atoms with Gasteiger partial charge in [0.25, 0.3) is 0 Å². The topological polar surface area (TPSA) is 130 Å². The number of hydrogen-bond donors (Lipinski definition) is 2. The van der Waals surface area contributed by atoms with Crippen LogP contribution in [-0.2, 0) is 19.1 Å². The van der Waals surface area contributed by atoms with Crippen LogP contribution in [0.4, 0.5) is 5.69 Å². The van der Waals surface area contributed by atoms with Crippen molar-refractivity contribution in [2.24, 2.45) is 0 Å². The molecule has 0 aromatic heterocycles. The first-order valence-electron chi connectivity index (χ1n) is 7.48. The quantitative estimate of drug-likeness (QED) is 0.738. The molecular weight excluding hydrogens is 358 g/mol. The van der Waals surface area contributed by atoms with Crippen molar-refractivity contribution in [3.8, 4) is 0 Å². The van der Waals surface area contributed by atoms with Gasteiger partial charge in [-0.15, -0.1) is 0 Å². The maximum atomic E-state index is 12.4. The molecule has 0 spiro atoms. The number of anilines is 1. The Kier molecular flexibility index (Phi) is 5.76. The van der Waals surface area contributed by atoms with Crippen LogP contribution in [0.2, 0.25) is 0 Å². The summed E-state index contributed by atoms with van der Waals surface area (Å²) in [5.74, 6) is -4.77. The highest BCUT2D eigenvalue weighted by Crippen LogP contribution is 2.31. The Hall–Kier alpha value is -3.88. The van der Waals surface area contributed by atoms with Gasteiger partial charge in [-0.1, -0.05) is 12.1 Å². The predicted octanol–water partition coefficient (Wildman–Crippen LogP) is 1.57. The number of carbonyl (C=O) groups is 4. The fourth-order valence-corrected chi connectivity index (χ4v) is 2.50. The smallest absolute Gasteiger partial charge is 0.355 e. The van der Waals surface area contributed by atoms with Crippen LogP contribution < -0.4 is 4.90 Å². The Morgan fingerprint density at radius 2 is 1.59 bits per heavy atom. The summed E-state index contributed by atoms with van der Waals surface area (Å²) in [6.45, 7) is 0. The molecule has 1 aromatic rings. The first-order valence-corrected chi connectivity index (χ1v) is 7.48. The monoisotopic (exact) mass is 373 g/mol. The second-order valence-corrected chi connectivity index (χ2v) is 5.13. The molecule has 1 aromatic carbocycles. The van der Waals surface area contributed by atoms with E-state index in [0.29, 0.717) is 0 Å². The SMILES string of the molecule is COC(=O)C1=C(C(=O)OC)N(c2cccc(C(=O)O)c2C(=O)O)C=CC=C1. The van der Waals surface area contributed by atoms with E-state index in [1.54, 1.807) is 0 Å². The minimum atomic E-state index is -1.52. The van der Waals surface area contributed by atoms with E-state index in [2.05, 4.69) is 4.74 Å². The molecule has 0 fully saturated rings. The Morgan fingerprint density at radius 1 is 0.926 bits per heavy atom. The number of allylic oxidation sites excluding steroid dienone is 2. The van der Waals surface area contributed by atoms with Gasteiger partial charge in [0, 0.05) is 6.20 Å². The molecule has 0 saturated carbocycles. The third-order valence-corrected chi connectivity index (χ3v) is 3.64. The van der Waals surface area contributed by atoms with Gasteiger partial charge in [-0.05, 0) is 24.3 Å². The van der Waals surface area contributed by atoms with Crippen molar-refractivity contribution in [3.05, 3.63) is 65.0 Å². The number of nitrogens with zero attached hydrogens (tertiary/aromatic N) is 1. The van der Waals surface area contributed by atoms with E-state index in [4.69, 9.17) is 4.74 Å². The molecular formula is C18H15NO8. The summed E-state index contributed by atoms with van der Waals surface area (Å²) in [7, 11) is 2.21. The van der Waals surface area contributed by atoms with E-state index in [1.165, 1.54) is 36.6 Å². The zero-order valence-electron chi connectivity index (χ0n) is 14.3. The first-order chi connectivity index (χ1) is 12.8. The summed E-state index contributed by atoms with van der Waals surface area (Å²) in [5, 5.41) is 18.8. The van der Waals surface area contributed by atoms with Gasteiger partial charge < -0.3 is 24.6 Å². The van der Waals surface area contributed by atoms with E-state index < -0.39 is 35.0 Å². The van der Waals surface area contributed by atoms with Crippen LogP contribution in [0.25, 0.3) is 0 Å². The van der Waals surface area contributed by atoms with E-state index in [-0.39, 0.29) is 17.0 Å². The van der Waals surface area contributed by atoms with E-state index in [1.807, 2.05) is 0 Å². The summed E-state index contributed by atoms with van der Waals surface area (Å²) in [6, 6.07) is 3.76. The van der Waals surface area contributed by atoms with Crippen LogP contribution in [0.15, 0.2) is 53.9 Å². The molecule has 0 aliphatic carbocycles. The molecule has 0 amide bonds. The third kappa shape index (κ3) is 3.71. The van der Waals surface area contributed by atoms with Crippen molar-refractivity contribution in [2.75, 3.05) is 19.1 Å². The average Bonchev–Trinajstić information content (AvgIpc) is 2.88. The van der Waals surface area contributed by atoms with Gasteiger partial charge in [-0.3, -0.25) is 0 Å². The van der Waals surface area contributed by atoms with Crippen LogP contribution in [0.1, 0.15) is 20.7 Å². The number of esters is 2. The van der Waals surface area contributed by atoms with Gasteiger partial charge in [0.05, 0.1) is 36.6 Å². The van der Waals surface area contributed by atoms with Crippen LogP contribution >= 0.6 is 0 Å². The summed E-state index contributed by atoms with van der Waals surface area (Å²) in [5.41, 5.74) is -1.67. The molecule has 1 aliphatic heterocycles. The molecule has 0 radical (unpaired) electrons. The molecule has 0 atom stereocenters. The van der Waals surface area contributed by atoms with Crippen LogP contribution in [-0.4, -0.2) is 48.3 Å². The predicted molar refractivity (Wildman–Crippen MR) is 92.2 cm³/mol. The first kappa shape index (κ1) is 19.4. The molecule has 27 heavy (non-hydrogen) atoms. The Morgan fingerprint density at radius 3 is 2.15 bits per heavy atom. The molecule has 0 bridgehead atoms. The summed E-state index contributed by atoms with van der Waals surface area (Å²) >= 11 is 0. The lowest BCUT2D eigenvalue weighted by atomic mass is 10.0. The summed E-state index contributed by atoms with van der Waals surface area (Å²) < 4.78 is 9.40. The molecule has 1 heterocycles. The number of rotatable bonds is 5. The molecule has 1 aliphatic rings. The average molecular weight is 373 g/mol. The highest BCUT2D eigenvalue weighted by atomic mass is 16.5. The third-order valence-electron chi connectivity index (χ3n) is 3.64. The molecule has 9 heteroatoms. The van der Waals surface area contributed by atoms with Crippen LogP contribution in [0, 0.1) is 0 Å². The minimum absolute atomic E-state index is 0.135. The number of carboxylic acid groups (broad SMARTS) is 2. The van der Waals surface area contributed by atoms with Gasteiger partial charge in [-0.25, -0.2) is 19.2 Å². The van der Waals surface area contributed by atoms with Crippen molar-refractivity contribution in [3.63, 3.8) is 0 Å². The van der Waals surface area contributed by atoms with E-state index >= 15 is 0 Å². The highest BCUT2D eigenvalue weighted by Gasteiger charge is 2.31. The van der Waals surface area contributed by atoms with Gasteiger partial charge in [0.2, 0.25) is 0 Å². The number of hydrogen-bond acceptors (Lipinski definition) is 7. The maximum Gasteiger partial charge on any atom is 0.355 e. The zero-order valence-corrected chi connectivity index (χ0v) is 14.3. The Labute approximate surface area is 153 Å². The maximum absolute atomic E-state index is 12.4. The van der Waals surface area contributed by atoms with Crippen molar-refractivity contribution in [1.29, 1.82) is 0 Å². The molecule has 0 unspecified atom stereocenters. The van der Waals surface area contributed by atoms with Gasteiger partial charge in [0.1, 0.15) is 5.70 Å². The van der Waals surface area contributed by atoms with Gasteiger partial charge in [-0.2, -0.15) is 0 Å². The Balaban J connectivity index is 2.85. The standard InChI is InChI=1S/C18H15NO8/c1-26-17(24)11-6-3-4-9-19(14(11)18(25)27-2)12-8-5-7-10(15(20)21)13(12)16(22)23/h3-9H,1-2H3,(H,20,21)(H,22,23). The lowest BCUT2D eigenvalue weighted by Gasteiger charge is -2.25. The second-order valence-electron chi connectivity index (χ2n) is 5.13. The summed E-state index contributed by atoms with van der Waals surface area (Å²) in [6.07, 6.45) is 5.50. The molecule has 0 saturated heterocycles. The largest absolute Gasteiger partial charge is 0.478 e. The van der Waals surface area contributed by atoms with Crippen molar-refractivity contribution < 1.29 is 38.9 Å². The van der Waals surface area contributed by atoms with Crippen molar-refractivity contribution in [2.45, 2.75) is 0 Å². The highest BCUT2D eigenvalue weighted by molar-refractivity contribution is 6.10. The number of methoxy groups -OCH3 is 2. The number of benzene rings is 1. The second kappa shape index (κ2) is 8.00.